The summed E-state index contributed by atoms with van der Waals surface area (Å²) in [6, 6.07) is 15.7. The van der Waals surface area contributed by atoms with Gasteiger partial charge in [-0.05, 0) is 30.3 Å². The Hall–Kier alpha value is -3.08. The van der Waals surface area contributed by atoms with Crippen LogP contribution in [-0.2, 0) is 4.79 Å². The van der Waals surface area contributed by atoms with E-state index in [0.29, 0.717) is 16.9 Å². The van der Waals surface area contributed by atoms with E-state index in [1.807, 2.05) is 18.2 Å². The molecule has 0 heterocycles. The number of carbonyl (C=O) groups excluding carboxylic acids is 1. The summed E-state index contributed by atoms with van der Waals surface area (Å²) < 4.78 is 0. The highest BCUT2D eigenvalue weighted by Crippen LogP contribution is 2.18. The first-order chi connectivity index (χ1) is 10.6. The number of rotatable bonds is 5. The number of nitrogen functional groups attached to an aromatic ring is 1. The first-order valence-corrected chi connectivity index (χ1v) is 6.70. The van der Waals surface area contributed by atoms with Crippen LogP contribution in [0.25, 0.3) is 0 Å². The van der Waals surface area contributed by atoms with Gasteiger partial charge in [0, 0.05) is 29.6 Å². The lowest BCUT2D eigenvalue weighted by molar-refractivity contribution is -0.131. The van der Waals surface area contributed by atoms with Crippen molar-refractivity contribution in [3.63, 3.8) is 0 Å². The Balaban J connectivity index is 2.31. The summed E-state index contributed by atoms with van der Waals surface area (Å²) in [4.78, 5) is 24.8. The fourth-order valence-corrected chi connectivity index (χ4v) is 2.00. The fourth-order valence-electron chi connectivity index (χ4n) is 2.00. The maximum atomic E-state index is 12.7. The van der Waals surface area contributed by atoms with Crippen LogP contribution in [0.1, 0.15) is 10.4 Å². The van der Waals surface area contributed by atoms with E-state index >= 15 is 0 Å². The molecule has 2 aromatic carbocycles. The minimum absolute atomic E-state index is 0.157. The number of aliphatic carboxylic acids is 1. The molecule has 0 aliphatic heterocycles. The van der Waals surface area contributed by atoms with Crippen LogP contribution in [0.5, 0.6) is 0 Å². The molecule has 0 saturated carbocycles. The van der Waals surface area contributed by atoms with Crippen molar-refractivity contribution < 1.29 is 14.7 Å². The number of carboxylic acid groups (broad SMARTS) is 1. The van der Waals surface area contributed by atoms with Crippen LogP contribution in [0.2, 0.25) is 0 Å². The van der Waals surface area contributed by atoms with Crippen molar-refractivity contribution in [3.05, 3.63) is 72.3 Å². The number of nitrogens with zero attached hydrogens (tertiary/aromatic N) is 1. The van der Waals surface area contributed by atoms with Gasteiger partial charge in [0.25, 0.3) is 5.91 Å². The van der Waals surface area contributed by atoms with Crippen molar-refractivity contribution in [3.8, 4) is 0 Å². The Morgan fingerprint density at radius 1 is 1.09 bits per heavy atom. The number of carboxylic acids is 1. The molecule has 0 spiro atoms. The fraction of sp³-hybridized carbons (Fsp3) is 0.0588. The number of nitrogens with two attached hydrogens (primary N) is 1. The molecule has 3 N–H and O–H groups in total. The highest BCUT2D eigenvalue weighted by atomic mass is 16.4. The molecule has 2 aromatic rings. The topological polar surface area (TPSA) is 83.6 Å². The standard InChI is InChI=1S/C17H16N2O3/c18-14-7-4-6-13(12-14)17(22)19(11-5-10-16(20)21)15-8-2-1-3-9-15/h1-10,12H,11,18H2,(H,20,21). The van der Waals surface area contributed by atoms with E-state index in [1.165, 1.54) is 11.0 Å². The summed E-state index contributed by atoms with van der Waals surface area (Å²) >= 11 is 0. The Morgan fingerprint density at radius 3 is 2.45 bits per heavy atom. The lowest BCUT2D eigenvalue weighted by atomic mass is 10.1. The van der Waals surface area contributed by atoms with Gasteiger partial charge >= 0.3 is 5.97 Å². The maximum Gasteiger partial charge on any atom is 0.328 e. The van der Waals surface area contributed by atoms with E-state index in [1.54, 1.807) is 36.4 Å². The molecule has 0 aromatic heterocycles. The second kappa shape index (κ2) is 7.08. The summed E-state index contributed by atoms with van der Waals surface area (Å²) in [5.74, 6) is -1.29. The van der Waals surface area contributed by atoms with E-state index < -0.39 is 5.97 Å². The summed E-state index contributed by atoms with van der Waals surface area (Å²) in [6.45, 7) is 0.157. The number of para-hydroxylation sites is 1. The number of hydrogen-bond acceptors (Lipinski definition) is 3. The van der Waals surface area contributed by atoms with Gasteiger partial charge in [-0.3, -0.25) is 4.79 Å². The zero-order valence-electron chi connectivity index (χ0n) is 11.8. The third-order valence-electron chi connectivity index (χ3n) is 3.00. The summed E-state index contributed by atoms with van der Waals surface area (Å²) in [5, 5.41) is 8.68. The zero-order valence-corrected chi connectivity index (χ0v) is 11.8. The van der Waals surface area contributed by atoms with E-state index in [0.717, 1.165) is 6.08 Å². The van der Waals surface area contributed by atoms with Crippen LogP contribution in [0.3, 0.4) is 0 Å². The molecule has 0 bridgehead atoms. The van der Waals surface area contributed by atoms with Crippen molar-refractivity contribution in [2.75, 3.05) is 17.2 Å². The first-order valence-electron chi connectivity index (χ1n) is 6.70. The molecule has 0 radical (unpaired) electrons. The van der Waals surface area contributed by atoms with Crippen LogP contribution in [0, 0.1) is 0 Å². The Morgan fingerprint density at radius 2 is 1.82 bits per heavy atom. The molecule has 0 aliphatic rings. The van der Waals surface area contributed by atoms with Crippen LogP contribution in [0.4, 0.5) is 11.4 Å². The zero-order chi connectivity index (χ0) is 15.9. The molecule has 2 rings (SSSR count). The first kappa shape index (κ1) is 15.3. The summed E-state index contributed by atoms with van der Waals surface area (Å²) in [6.07, 6.45) is 2.45. The predicted molar refractivity (Wildman–Crippen MR) is 85.7 cm³/mol. The number of amides is 1. The summed E-state index contributed by atoms with van der Waals surface area (Å²) in [7, 11) is 0. The van der Waals surface area contributed by atoms with Gasteiger partial charge in [-0.25, -0.2) is 4.79 Å². The highest BCUT2D eigenvalue weighted by Gasteiger charge is 2.16. The van der Waals surface area contributed by atoms with Crippen molar-refractivity contribution in [1.29, 1.82) is 0 Å². The molecular formula is C17H16N2O3. The summed E-state index contributed by atoms with van der Waals surface area (Å²) in [5.41, 5.74) is 7.35. The van der Waals surface area contributed by atoms with Gasteiger partial charge in [-0.15, -0.1) is 0 Å². The normalized spacial score (nSPS) is 10.5. The van der Waals surface area contributed by atoms with Crippen molar-refractivity contribution >= 4 is 23.3 Å². The van der Waals surface area contributed by atoms with Gasteiger partial charge in [-0.2, -0.15) is 0 Å². The van der Waals surface area contributed by atoms with Crippen LogP contribution in [0.15, 0.2) is 66.7 Å². The molecule has 0 aliphatic carbocycles. The minimum Gasteiger partial charge on any atom is -0.478 e. The van der Waals surface area contributed by atoms with Crippen molar-refractivity contribution in [1.82, 2.24) is 0 Å². The van der Waals surface area contributed by atoms with E-state index in [9.17, 15) is 9.59 Å². The van der Waals surface area contributed by atoms with Gasteiger partial charge < -0.3 is 15.7 Å². The van der Waals surface area contributed by atoms with E-state index in [-0.39, 0.29) is 12.5 Å². The molecule has 0 unspecified atom stereocenters. The quantitative estimate of drug-likeness (QED) is 0.656. The van der Waals surface area contributed by atoms with Crippen LogP contribution < -0.4 is 10.6 Å². The molecule has 1 amide bonds. The van der Waals surface area contributed by atoms with Crippen molar-refractivity contribution in [2.24, 2.45) is 0 Å². The largest absolute Gasteiger partial charge is 0.478 e. The van der Waals surface area contributed by atoms with Gasteiger partial charge in [0.15, 0.2) is 0 Å². The minimum atomic E-state index is -1.05. The predicted octanol–water partition coefficient (Wildman–Crippen LogP) is 2.56. The third kappa shape index (κ3) is 3.96. The molecular weight excluding hydrogens is 280 g/mol. The highest BCUT2D eigenvalue weighted by molar-refractivity contribution is 6.06. The lowest BCUT2D eigenvalue weighted by Gasteiger charge is -2.21. The Bertz CT molecular complexity index is 696. The lowest BCUT2D eigenvalue weighted by Crippen LogP contribution is -2.31. The molecule has 5 heteroatoms. The van der Waals surface area contributed by atoms with Crippen LogP contribution in [-0.4, -0.2) is 23.5 Å². The van der Waals surface area contributed by atoms with Crippen molar-refractivity contribution in [2.45, 2.75) is 0 Å². The number of hydrogen-bond donors (Lipinski definition) is 2. The van der Waals surface area contributed by atoms with Gasteiger partial charge in [-0.1, -0.05) is 30.3 Å². The monoisotopic (exact) mass is 296 g/mol. The second-order valence-electron chi connectivity index (χ2n) is 4.62. The average molecular weight is 296 g/mol. The maximum absolute atomic E-state index is 12.7. The molecule has 0 fully saturated rings. The molecule has 112 valence electrons. The second-order valence-corrected chi connectivity index (χ2v) is 4.62. The van der Waals surface area contributed by atoms with E-state index in [4.69, 9.17) is 10.8 Å². The molecule has 0 saturated heterocycles. The number of benzene rings is 2. The smallest absolute Gasteiger partial charge is 0.328 e. The van der Waals surface area contributed by atoms with E-state index in [2.05, 4.69) is 0 Å². The van der Waals surface area contributed by atoms with Crippen LogP contribution >= 0.6 is 0 Å². The Kier molecular flexibility index (Phi) is 4.93. The molecule has 0 atom stereocenters. The number of anilines is 2. The van der Waals surface area contributed by atoms with Gasteiger partial charge in [0.05, 0.1) is 0 Å². The Labute approximate surface area is 128 Å². The average Bonchev–Trinajstić information content (AvgIpc) is 2.51. The van der Waals surface area contributed by atoms with Gasteiger partial charge in [0.1, 0.15) is 0 Å². The molecule has 5 nitrogen and oxygen atoms in total. The SMILES string of the molecule is Nc1cccc(C(=O)N(CC=CC(=O)O)c2ccccc2)c1. The van der Waals surface area contributed by atoms with Gasteiger partial charge in [0.2, 0.25) is 0 Å². The third-order valence-corrected chi connectivity index (χ3v) is 3.00. The number of carbonyl (C=O) groups is 2. The molecule has 22 heavy (non-hydrogen) atoms.